The van der Waals surface area contributed by atoms with Gasteiger partial charge >= 0.3 is 5.97 Å². The second-order valence-electron chi connectivity index (χ2n) is 10.1. The third-order valence-corrected chi connectivity index (χ3v) is 7.10. The lowest BCUT2D eigenvalue weighted by Gasteiger charge is -2.33. The molecule has 0 saturated heterocycles. The zero-order valence-electron chi connectivity index (χ0n) is 21.8. The molecule has 0 aromatic heterocycles. The number of benzene rings is 2. The van der Waals surface area contributed by atoms with Crippen LogP contribution in [0, 0.1) is 0 Å². The van der Waals surface area contributed by atoms with Crippen LogP contribution in [0.3, 0.4) is 0 Å². The molecule has 4 rings (SSSR count). The molecule has 2 aromatic carbocycles. The lowest BCUT2D eigenvalue weighted by molar-refractivity contribution is -0.138. The Labute approximate surface area is 219 Å². The topological polar surface area (TPSA) is 68.3 Å². The van der Waals surface area contributed by atoms with Crippen molar-refractivity contribution in [3.05, 3.63) is 84.0 Å². The van der Waals surface area contributed by atoms with Gasteiger partial charge < -0.3 is 14.2 Å². The molecule has 0 radical (unpaired) electrons. The number of ether oxygens (including phenoxy) is 3. The monoisotopic (exact) mass is 504 g/mol. The summed E-state index contributed by atoms with van der Waals surface area (Å²) >= 11 is 0. The van der Waals surface area contributed by atoms with Crippen molar-refractivity contribution < 1.29 is 23.8 Å². The van der Waals surface area contributed by atoms with Crippen molar-refractivity contribution in [2.24, 2.45) is 0 Å². The average Bonchev–Trinajstić information content (AvgIpc) is 2.91. The molecule has 196 valence electrons. The Morgan fingerprint density at radius 1 is 0.919 bits per heavy atom. The highest BCUT2D eigenvalue weighted by Crippen LogP contribution is 2.38. The van der Waals surface area contributed by atoms with E-state index in [1.54, 1.807) is 0 Å². The standard InChI is InChI=1S/C30H36N2O5/c1-5-26(33)8-7-13-31-18-22-16-24(9-11-27(22)36-20-31)30(3,4)25-10-12-28-23(17-25)19-32(21-37-28)14-15-35-29(34)6-2/h5-6,9-12,16-17H,1-2,7-8,13-15,18-21H2,3-4H3. The summed E-state index contributed by atoms with van der Waals surface area (Å²) in [6.07, 6.45) is 3.87. The minimum Gasteiger partial charge on any atom is -0.478 e. The van der Waals surface area contributed by atoms with Gasteiger partial charge in [-0.15, -0.1) is 0 Å². The van der Waals surface area contributed by atoms with Crippen LogP contribution in [0.2, 0.25) is 0 Å². The van der Waals surface area contributed by atoms with Gasteiger partial charge in [-0.05, 0) is 47.9 Å². The van der Waals surface area contributed by atoms with Crippen LogP contribution < -0.4 is 9.47 Å². The Bertz CT molecular complexity index is 1080. The third-order valence-electron chi connectivity index (χ3n) is 7.10. The van der Waals surface area contributed by atoms with Gasteiger partial charge in [-0.2, -0.15) is 0 Å². The molecule has 0 N–H and O–H groups in total. The summed E-state index contributed by atoms with van der Waals surface area (Å²) in [6, 6.07) is 12.9. The fourth-order valence-corrected chi connectivity index (χ4v) is 4.73. The second kappa shape index (κ2) is 11.8. The van der Waals surface area contributed by atoms with Crippen molar-refractivity contribution in [2.75, 3.05) is 33.2 Å². The van der Waals surface area contributed by atoms with E-state index >= 15 is 0 Å². The molecule has 2 aliphatic rings. The zero-order chi connectivity index (χ0) is 26.4. The van der Waals surface area contributed by atoms with Crippen molar-refractivity contribution >= 4 is 11.8 Å². The van der Waals surface area contributed by atoms with E-state index in [2.05, 4.69) is 73.2 Å². The number of esters is 1. The lowest BCUT2D eigenvalue weighted by Crippen LogP contribution is -2.35. The number of rotatable bonds is 11. The summed E-state index contributed by atoms with van der Waals surface area (Å²) in [5, 5.41) is 0. The van der Waals surface area contributed by atoms with Gasteiger partial charge in [0.2, 0.25) is 0 Å². The number of nitrogens with zero attached hydrogens (tertiary/aromatic N) is 2. The Kier molecular flexibility index (Phi) is 8.46. The summed E-state index contributed by atoms with van der Waals surface area (Å²) in [5.74, 6) is 1.48. The smallest absolute Gasteiger partial charge is 0.330 e. The maximum atomic E-state index is 11.5. The molecular formula is C30H36N2O5. The lowest BCUT2D eigenvalue weighted by atomic mass is 9.77. The second-order valence-corrected chi connectivity index (χ2v) is 10.1. The molecule has 0 bridgehead atoms. The van der Waals surface area contributed by atoms with Gasteiger partial charge in [0.1, 0.15) is 31.6 Å². The molecule has 37 heavy (non-hydrogen) atoms. The molecule has 2 aromatic rings. The number of carbonyl (C=O) groups excluding carboxylic acids is 2. The van der Waals surface area contributed by atoms with Gasteiger partial charge in [-0.25, -0.2) is 4.79 Å². The van der Waals surface area contributed by atoms with Crippen LogP contribution in [0.25, 0.3) is 0 Å². The first kappa shape index (κ1) is 26.6. The van der Waals surface area contributed by atoms with E-state index < -0.39 is 5.97 Å². The van der Waals surface area contributed by atoms with Crippen LogP contribution in [0.4, 0.5) is 0 Å². The number of fused-ring (bicyclic) bond motifs is 2. The molecular weight excluding hydrogens is 468 g/mol. The first-order chi connectivity index (χ1) is 17.8. The van der Waals surface area contributed by atoms with E-state index in [1.807, 2.05) is 0 Å². The first-order valence-corrected chi connectivity index (χ1v) is 12.7. The van der Waals surface area contributed by atoms with E-state index in [-0.39, 0.29) is 11.2 Å². The van der Waals surface area contributed by atoms with Gasteiger partial charge in [0.25, 0.3) is 0 Å². The van der Waals surface area contributed by atoms with Crippen molar-refractivity contribution in [2.45, 2.75) is 45.2 Å². The van der Waals surface area contributed by atoms with Crippen LogP contribution in [-0.2, 0) is 32.8 Å². The van der Waals surface area contributed by atoms with Gasteiger partial charge in [0, 0.05) is 55.2 Å². The number of ketones is 1. The van der Waals surface area contributed by atoms with Crippen LogP contribution in [0.1, 0.15) is 48.9 Å². The Balaban J connectivity index is 1.44. The summed E-state index contributed by atoms with van der Waals surface area (Å²) in [5.41, 5.74) is 4.46. The highest BCUT2D eigenvalue weighted by molar-refractivity contribution is 5.88. The van der Waals surface area contributed by atoms with Gasteiger partial charge in [-0.1, -0.05) is 39.1 Å². The first-order valence-electron chi connectivity index (χ1n) is 12.7. The Morgan fingerprint density at radius 2 is 1.49 bits per heavy atom. The van der Waals surface area contributed by atoms with Gasteiger partial charge in [-0.3, -0.25) is 14.6 Å². The quantitative estimate of drug-likeness (QED) is 0.328. The largest absolute Gasteiger partial charge is 0.478 e. The van der Waals surface area contributed by atoms with E-state index in [0.29, 0.717) is 33.0 Å². The van der Waals surface area contributed by atoms with Crippen LogP contribution in [0.5, 0.6) is 11.5 Å². The highest BCUT2D eigenvalue weighted by atomic mass is 16.5. The normalized spacial score (nSPS) is 15.5. The van der Waals surface area contributed by atoms with Crippen molar-refractivity contribution in [1.82, 2.24) is 9.80 Å². The van der Waals surface area contributed by atoms with Gasteiger partial charge in [0.05, 0.1) is 0 Å². The zero-order valence-corrected chi connectivity index (χ0v) is 21.8. The molecule has 2 aliphatic heterocycles. The van der Waals surface area contributed by atoms with E-state index in [9.17, 15) is 9.59 Å². The molecule has 7 heteroatoms. The van der Waals surface area contributed by atoms with Crippen molar-refractivity contribution in [1.29, 1.82) is 0 Å². The van der Waals surface area contributed by atoms with Gasteiger partial charge in [0.15, 0.2) is 5.78 Å². The summed E-state index contributed by atoms with van der Waals surface area (Å²) in [7, 11) is 0. The Morgan fingerprint density at radius 3 is 2.03 bits per heavy atom. The van der Waals surface area contributed by atoms with Crippen LogP contribution in [0.15, 0.2) is 61.7 Å². The Hall–Kier alpha value is -3.42. The van der Waals surface area contributed by atoms with Crippen molar-refractivity contribution in [3.63, 3.8) is 0 Å². The molecule has 0 atom stereocenters. The summed E-state index contributed by atoms with van der Waals surface area (Å²) < 4.78 is 17.1. The SMILES string of the molecule is C=CC(=O)CCCN1COc2ccc(C(C)(C)c3ccc4c(c3)CN(CCOC(=O)C=C)CO4)cc2C1. The highest BCUT2D eigenvalue weighted by Gasteiger charge is 2.28. The minimum atomic E-state index is -0.413. The van der Waals surface area contributed by atoms with E-state index in [4.69, 9.17) is 14.2 Å². The average molecular weight is 505 g/mol. The number of hydrogen-bond donors (Lipinski definition) is 0. The molecule has 0 amide bonds. The fourth-order valence-electron chi connectivity index (χ4n) is 4.73. The molecule has 0 saturated carbocycles. The summed E-state index contributed by atoms with van der Waals surface area (Å²) in [4.78, 5) is 27.2. The third kappa shape index (κ3) is 6.48. The predicted octanol–water partition coefficient (Wildman–Crippen LogP) is 4.58. The molecule has 0 aliphatic carbocycles. The number of allylic oxidation sites excluding steroid dienone is 1. The fraction of sp³-hybridized carbons (Fsp3) is 0.400. The van der Waals surface area contributed by atoms with Crippen LogP contribution >= 0.6 is 0 Å². The predicted molar refractivity (Wildman–Crippen MR) is 142 cm³/mol. The minimum absolute atomic E-state index is 0.0806. The maximum Gasteiger partial charge on any atom is 0.330 e. The molecule has 0 spiro atoms. The van der Waals surface area contributed by atoms with Crippen LogP contribution in [-0.4, -0.2) is 54.7 Å². The molecule has 0 unspecified atom stereocenters. The van der Waals surface area contributed by atoms with Crippen molar-refractivity contribution in [3.8, 4) is 11.5 Å². The summed E-state index contributed by atoms with van der Waals surface area (Å²) in [6.45, 7) is 15.7. The number of carbonyl (C=O) groups is 2. The molecule has 2 heterocycles. The maximum absolute atomic E-state index is 11.5. The van der Waals surface area contributed by atoms with E-state index in [1.165, 1.54) is 23.3 Å². The van der Waals surface area contributed by atoms with E-state index in [0.717, 1.165) is 48.7 Å². The molecule has 7 nitrogen and oxygen atoms in total. The molecule has 0 fully saturated rings. The number of hydrogen-bond acceptors (Lipinski definition) is 7.